The first-order chi connectivity index (χ1) is 9.83. The molecule has 0 amide bonds. The van der Waals surface area contributed by atoms with Gasteiger partial charge >= 0.3 is 0 Å². The molecule has 0 aliphatic carbocycles. The minimum Gasteiger partial charge on any atom is -0.205 e. The molecule has 2 heteroatoms. The number of aromatic nitrogens is 2. The van der Waals surface area contributed by atoms with E-state index < -0.39 is 0 Å². The van der Waals surface area contributed by atoms with Crippen LogP contribution in [0.5, 0.6) is 0 Å². The molecule has 2 heterocycles. The first kappa shape index (κ1) is 14.4. The van der Waals surface area contributed by atoms with Crippen LogP contribution in [0.4, 0.5) is 0 Å². The van der Waals surface area contributed by atoms with Gasteiger partial charge in [-0.25, -0.2) is 9.13 Å². The Morgan fingerprint density at radius 2 is 1.45 bits per heavy atom. The van der Waals surface area contributed by atoms with E-state index in [4.69, 9.17) is 0 Å². The molecular weight excluding hydrogens is 244 g/mol. The van der Waals surface area contributed by atoms with E-state index in [-0.39, 0.29) is 0 Å². The molecule has 0 radical (unpaired) electrons. The topological polar surface area (TPSA) is 7.76 Å². The molecule has 0 saturated heterocycles. The molecule has 0 aliphatic heterocycles. The van der Waals surface area contributed by atoms with Gasteiger partial charge in [0.05, 0.1) is 0 Å². The number of rotatable bonds is 7. The van der Waals surface area contributed by atoms with Gasteiger partial charge in [0, 0.05) is 30.7 Å². The number of pyridine rings is 2. The van der Waals surface area contributed by atoms with Crippen molar-refractivity contribution < 1.29 is 9.13 Å². The first-order valence-electron chi connectivity index (χ1n) is 7.43. The SMILES string of the molecule is C=CC[n+]1ccc(-c2cc[n+](CCCCC)cc2)cc1. The van der Waals surface area contributed by atoms with Crippen LogP contribution in [-0.2, 0) is 13.1 Å². The monoisotopic (exact) mass is 268 g/mol. The fraction of sp³-hybridized carbons (Fsp3) is 0.333. The Kier molecular flexibility index (Phi) is 5.48. The smallest absolute Gasteiger partial charge is 0.169 e. The summed E-state index contributed by atoms with van der Waals surface area (Å²) in [6.45, 7) is 7.96. The van der Waals surface area contributed by atoms with Crippen molar-refractivity contribution >= 4 is 0 Å². The van der Waals surface area contributed by atoms with Gasteiger partial charge < -0.3 is 0 Å². The van der Waals surface area contributed by atoms with E-state index >= 15 is 0 Å². The lowest BCUT2D eigenvalue weighted by molar-refractivity contribution is -0.697. The van der Waals surface area contributed by atoms with Crippen molar-refractivity contribution in [1.82, 2.24) is 0 Å². The Morgan fingerprint density at radius 1 is 0.900 bits per heavy atom. The molecule has 0 aromatic carbocycles. The van der Waals surface area contributed by atoms with E-state index in [2.05, 4.69) is 71.7 Å². The van der Waals surface area contributed by atoms with Crippen molar-refractivity contribution in [1.29, 1.82) is 0 Å². The Morgan fingerprint density at radius 3 is 1.95 bits per heavy atom. The molecule has 2 aromatic heterocycles. The van der Waals surface area contributed by atoms with E-state index in [1.165, 1.54) is 30.4 Å². The molecule has 0 atom stereocenters. The zero-order chi connectivity index (χ0) is 14.2. The molecule has 0 aliphatic rings. The van der Waals surface area contributed by atoms with Gasteiger partial charge in [0.25, 0.3) is 0 Å². The fourth-order valence-corrected chi connectivity index (χ4v) is 2.26. The Bertz CT molecular complexity index is 526. The fourth-order valence-electron chi connectivity index (χ4n) is 2.26. The molecule has 0 spiro atoms. The molecule has 0 fully saturated rings. The summed E-state index contributed by atoms with van der Waals surface area (Å²) in [4.78, 5) is 0. The van der Waals surface area contributed by atoms with E-state index in [1.807, 2.05) is 6.08 Å². The highest BCUT2D eigenvalue weighted by molar-refractivity contribution is 5.60. The summed E-state index contributed by atoms with van der Waals surface area (Å²) in [6, 6.07) is 8.69. The standard InChI is InChI=1S/C18H24N2/c1-3-5-6-12-20-15-9-18(10-16-20)17-7-13-19(11-4-2)14-8-17/h4,7-10,13-16H,2-3,5-6,11-12H2,1H3/q+2. The van der Waals surface area contributed by atoms with E-state index in [0.717, 1.165) is 13.1 Å². The van der Waals surface area contributed by atoms with Crippen molar-refractivity contribution in [2.45, 2.75) is 39.3 Å². The summed E-state index contributed by atoms with van der Waals surface area (Å²) in [5.41, 5.74) is 2.52. The van der Waals surface area contributed by atoms with Crippen LogP contribution in [0.15, 0.2) is 61.7 Å². The van der Waals surface area contributed by atoms with Crippen LogP contribution in [0.25, 0.3) is 11.1 Å². The Labute approximate surface area is 122 Å². The van der Waals surface area contributed by atoms with Gasteiger partial charge in [0.1, 0.15) is 6.54 Å². The summed E-state index contributed by atoms with van der Waals surface area (Å²) < 4.78 is 4.38. The quantitative estimate of drug-likeness (QED) is 0.413. The zero-order valence-corrected chi connectivity index (χ0v) is 12.3. The number of aryl methyl sites for hydroxylation is 1. The predicted molar refractivity (Wildman–Crippen MR) is 82.0 cm³/mol. The maximum Gasteiger partial charge on any atom is 0.169 e. The van der Waals surface area contributed by atoms with Gasteiger partial charge in [-0.15, -0.1) is 0 Å². The van der Waals surface area contributed by atoms with E-state index in [0.29, 0.717) is 0 Å². The number of hydrogen-bond acceptors (Lipinski definition) is 0. The molecular formula is C18H24N2+2. The second kappa shape index (κ2) is 7.59. The minimum absolute atomic E-state index is 0.854. The van der Waals surface area contributed by atoms with Crippen LogP contribution in [0.3, 0.4) is 0 Å². The van der Waals surface area contributed by atoms with Crippen molar-refractivity contribution in [3.8, 4) is 11.1 Å². The van der Waals surface area contributed by atoms with Crippen LogP contribution in [0, 0.1) is 0 Å². The van der Waals surface area contributed by atoms with Gasteiger partial charge in [-0.1, -0.05) is 19.9 Å². The third-order valence-electron chi connectivity index (χ3n) is 3.48. The zero-order valence-electron chi connectivity index (χ0n) is 12.3. The number of allylic oxidation sites excluding steroid dienone is 1. The first-order valence-corrected chi connectivity index (χ1v) is 7.43. The average Bonchev–Trinajstić information content (AvgIpc) is 2.49. The lowest BCUT2D eigenvalue weighted by Gasteiger charge is -2.01. The molecule has 0 bridgehead atoms. The van der Waals surface area contributed by atoms with Gasteiger partial charge in [0.15, 0.2) is 31.3 Å². The van der Waals surface area contributed by atoms with Crippen molar-refractivity contribution in [3.63, 3.8) is 0 Å². The van der Waals surface area contributed by atoms with Crippen LogP contribution in [0.2, 0.25) is 0 Å². The van der Waals surface area contributed by atoms with Crippen molar-refractivity contribution in [3.05, 3.63) is 61.7 Å². The van der Waals surface area contributed by atoms with Crippen molar-refractivity contribution in [2.24, 2.45) is 0 Å². The maximum atomic E-state index is 3.75. The third kappa shape index (κ3) is 4.02. The predicted octanol–water partition coefficient (Wildman–Crippen LogP) is 3.30. The van der Waals surface area contributed by atoms with Crippen LogP contribution < -0.4 is 9.13 Å². The molecule has 2 rings (SSSR count). The molecule has 104 valence electrons. The second-order valence-electron chi connectivity index (χ2n) is 5.10. The number of unbranched alkanes of at least 4 members (excludes halogenated alkanes) is 2. The minimum atomic E-state index is 0.854. The third-order valence-corrected chi connectivity index (χ3v) is 3.48. The molecule has 0 saturated carbocycles. The van der Waals surface area contributed by atoms with Crippen molar-refractivity contribution in [2.75, 3.05) is 0 Å². The van der Waals surface area contributed by atoms with Crippen LogP contribution >= 0.6 is 0 Å². The summed E-state index contributed by atoms with van der Waals surface area (Å²) in [5, 5.41) is 0. The highest BCUT2D eigenvalue weighted by Gasteiger charge is 2.04. The lowest BCUT2D eigenvalue weighted by atomic mass is 10.1. The van der Waals surface area contributed by atoms with E-state index in [1.54, 1.807) is 0 Å². The molecule has 0 unspecified atom stereocenters. The normalized spacial score (nSPS) is 10.4. The maximum absolute atomic E-state index is 3.75. The van der Waals surface area contributed by atoms with Gasteiger partial charge in [-0.3, -0.25) is 0 Å². The summed E-state index contributed by atoms with van der Waals surface area (Å²) >= 11 is 0. The molecule has 0 N–H and O–H groups in total. The summed E-state index contributed by atoms with van der Waals surface area (Å²) in [7, 11) is 0. The number of hydrogen-bond donors (Lipinski definition) is 0. The lowest BCUT2D eigenvalue weighted by Crippen LogP contribution is -2.32. The largest absolute Gasteiger partial charge is 0.205 e. The van der Waals surface area contributed by atoms with Gasteiger partial charge in [0.2, 0.25) is 0 Å². The Hall–Kier alpha value is -1.96. The van der Waals surface area contributed by atoms with Crippen LogP contribution in [-0.4, -0.2) is 0 Å². The summed E-state index contributed by atoms with van der Waals surface area (Å²) in [5.74, 6) is 0. The molecule has 2 nitrogen and oxygen atoms in total. The average molecular weight is 268 g/mol. The van der Waals surface area contributed by atoms with Gasteiger partial charge in [-0.2, -0.15) is 0 Å². The van der Waals surface area contributed by atoms with E-state index in [9.17, 15) is 0 Å². The molecule has 20 heavy (non-hydrogen) atoms. The second-order valence-corrected chi connectivity index (χ2v) is 5.10. The Balaban J connectivity index is 2.03. The highest BCUT2D eigenvalue weighted by Crippen LogP contribution is 2.15. The number of nitrogens with zero attached hydrogens (tertiary/aromatic N) is 2. The summed E-state index contributed by atoms with van der Waals surface area (Å²) in [6.07, 6.45) is 14.3. The van der Waals surface area contributed by atoms with Gasteiger partial charge in [-0.05, 0) is 23.6 Å². The van der Waals surface area contributed by atoms with Crippen LogP contribution in [0.1, 0.15) is 26.2 Å². The molecule has 2 aromatic rings. The highest BCUT2D eigenvalue weighted by atomic mass is 14.9.